The highest BCUT2D eigenvalue weighted by Gasteiger charge is 2.11. The van der Waals surface area contributed by atoms with Gasteiger partial charge in [-0.3, -0.25) is 4.79 Å². The fraction of sp³-hybridized carbons (Fsp3) is 0.0714. The number of nitrogens with one attached hydrogen (secondary N) is 1. The monoisotopic (exact) mass is 278 g/mol. The molecule has 0 aromatic heterocycles. The number of carbonyl (C=O) groups excluding carboxylic acids is 1. The van der Waals surface area contributed by atoms with Gasteiger partial charge in [0.1, 0.15) is 17.4 Å². The van der Waals surface area contributed by atoms with Crippen molar-refractivity contribution in [2.75, 3.05) is 5.73 Å². The number of phenols is 1. The molecule has 0 atom stereocenters. The average Bonchev–Trinajstić information content (AvgIpc) is 2.40. The summed E-state index contributed by atoms with van der Waals surface area (Å²) in [5.74, 6) is -2.08. The fourth-order valence-corrected chi connectivity index (χ4v) is 1.68. The highest BCUT2D eigenvalue weighted by atomic mass is 19.1. The Labute approximate surface area is 113 Å². The SMILES string of the molecule is Nc1ccc(O)cc1C(=O)NCc1ccc(F)cc1F. The minimum absolute atomic E-state index is 0.0903. The van der Waals surface area contributed by atoms with Crippen LogP contribution in [0, 0.1) is 11.6 Å². The van der Waals surface area contributed by atoms with Crippen LogP contribution in [0.25, 0.3) is 0 Å². The third-order valence-corrected chi connectivity index (χ3v) is 2.74. The molecule has 0 aliphatic rings. The van der Waals surface area contributed by atoms with E-state index in [1.54, 1.807) is 0 Å². The first-order chi connectivity index (χ1) is 9.47. The molecule has 6 heteroatoms. The van der Waals surface area contributed by atoms with Crippen LogP contribution in [0.1, 0.15) is 15.9 Å². The van der Waals surface area contributed by atoms with Crippen LogP contribution in [0.2, 0.25) is 0 Å². The van der Waals surface area contributed by atoms with Crippen molar-refractivity contribution in [1.82, 2.24) is 5.32 Å². The lowest BCUT2D eigenvalue weighted by Crippen LogP contribution is -2.24. The lowest BCUT2D eigenvalue weighted by molar-refractivity contribution is 0.0951. The zero-order chi connectivity index (χ0) is 14.7. The first-order valence-corrected chi connectivity index (χ1v) is 5.78. The maximum atomic E-state index is 13.4. The molecule has 0 saturated carbocycles. The van der Waals surface area contributed by atoms with Crippen LogP contribution in [-0.2, 0) is 6.54 Å². The second-order valence-electron chi connectivity index (χ2n) is 4.19. The van der Waals surface area contributed by atoms with Gasteiger partial charge < -0.3 is 16.2 Å². The van der Waals surface area contributed by atoms with Crippen molar-refractivity contribution in [2.24, 2.45) is 0 Å². The number of benzene rings is 2. The molecule has 104 valence electrons. The Morgan fingerprint density at radius 2 is 1.95 bits per heavy atom. The Morgan fingerprint density at radius 1 is 1.20 bits per heavy atom. The molecular weight excluding hydrogens is 266 g/mol. The van der Waals surface area contributed by atoms with E-state index < -0.39 is 17.5 Å². The van der Waals surface area contributed by atoms with Crippen molar-refractivity contribution in [3.63, 3.8) is 0 Å². The van der Waals surface area contributed by atoms with Crippen molar-refractivity contribution < 1.29 is 18.7 Å². The van der Waals surface area contributed by atoms with Crippen molar-refractivity contribution in [1.29, 1.82) is 0 Å². The van der Waals surface area contributed by atoms with Gasteiger partial charge in [0, 0.05) is 23.9 Å². The van der Waals surface area contributed by atoms with Gasteiger partial charge in [-0.15, -0.1) is 0 Å². The third kappa shape index (κ3) is 3.03. The Bertz CT molecular complexity index is 660. The molecule has 0 saturated heterocycles. The number of anilines is 1. The lowest BCUT2D eigenvalue weighted by Gasteiger charge is -2.08. The summed E-state index contributed by atoms with van der Waals surface area (Å²) in [5, 5.41) is 11.8. The Balaban J connectivity index is 2.10. The molecule has 0 spiro atoms. The van der Waals surface area contributed by atoms with Crippen molar-refractivity contribution in [2.45, 2.75) is 6.54 Å². The van der Waals surface area contributed by atoms with E-state index in [1.165, 1.54) is 24.3 Å². The highest BCUT2D eigenvalue weighted by molar-refractivity contribution is 5.99. The van der Waals surface area contributed by atoms with Gasteiger partial charge in [-0.05, 0) is 24.3 Å². The van der Waals surface area contributed by atoms with Gasteiger partial charge in [0.15, 0.2) is 0 Å². The number of phenolic OH excluding ortho intramolecular Hbond substituents is 1. The summed E-state index contributed by atoms with van der Waals surface area (Å²) in [5.41, 5.74) is 6.05. The number of hydrogen-bond acceptors (Lipinski definition) is 3. The molecule has 0 radical (unpaired) electrons. The predicted molar refractivity (Wildman–Crippen MR) is 70.0 cm³/mol. The van der Waals surface area contributed by atoms with Gasteiger partial charge >= 0.3 is 0 Å². The van der Waals surface area contributed by atoms with E-state index in [4.69, 9.17) is 5.73 Å². The molecule has 0 fully saturated rings. The highest BCUT2D eigenvalue weighted by Crippen LogP contribution is 2.18. The first kappa shape index (κ1) is 13.8. The number of nitrogens with two attached hydrogens (primary N) is 1. The molecule has 2 rings (SSSR count). The summed E-state index contributed by atoms with van der Waals surface area (Å²) < 4.78 is 26.1. The van der Waals surface area contributed by atoms with Gasteiger partial charge in [-0.1, -0.05) is 6.07 Å². The summed E-state index contributed by atoms with van der Waals surface area (Å²) >= 11 is 0. The molecule has 4 N–H and O–H groups in total. The largest absolute Gasteiger partial charge is 0.508 e. The van der Waals surface area contributed by atoms with E-state index in [0.717, 1.165) is 12.1 Å². The number of rotatable bonds is 3. The zero-order valence-electron chi connectivity index (χ0n) is 10.4. The number of hydrogen-bond donors (Lipinski definition) is 3. The van der Waals surface area contributed by atoms with Crippen molar-refractivity contribution >= 4 is 11.6 Å². The summed E-state index contributed by atoms with van der Waals surface area (Å²) in [4.78, 5) is 11.9. The number of aromatic hydroxyl groups is 1. The van der Waals surface area contributed by atoms with E-state index in [-0.39, 0.29) is 29.1 Å². The molecule has 2 aromatic rings. The number of carbonyl (C=O) groups is 1. The van der Waals surface area contributed by atoms with Crippen LogP contribution in [-0.4, -0.2) is 11.0 Å². The fourth-order valence-electron chi connectivity index (χ4n) is 1.68. The normalized spacial score (nSPS) is 10.3. The van der Waals surface area contributed by atoms with Crippen LogP contribution >= 0.6 is 0 Å². The molecule has 0 aliphatic heterocycles. The van der Waals surface area contributed by atoms with Gasteiger partial charge in [0.25, 0.3) is 5.91 Å². The Morgan fingerprint density at radius 3 is 2.65 bits per heavy atom. The molecule has 0 bridgehead atoms. The summed E-state index contributed by atoms with van der Waals surface area (Å²) in [6, 6.07) is 7.05. The van der Waals surface area contributed by atoms with Crippen molar-refractivity contribution in [3.05, 3.63) is 59.2 Å². The number of nitrogen functional groups attached to an aromatic ring is 1. The molecule has 0 aliphatic carbocycles. The van der Waals surface area contributed by atoms with Crippen molar-refractivity contribution in [3.8, 4) is 5.75 Å². The van der Waals surface area contributed by atoms with E-state index in [1.807, 2.05) is 0 Å². The third-order valence-electron chi connectivity index (χ3n) is 2.74. The molecule has 2 aromatic carbocycles. The number of halogens is 2. The lowest BCUT2D eigenvalue weighted by atomic mass is 10.1. The standard InChI is InChI=1S/C14H12F2N2O2/c15-9-2-1-8(12(16)5-9)7-18-14(20)11-6-10(19)3-4-13(11)17/h1-6,19H,7,17H2,(H,18,20). The van der Waals surface area contributed by atoms with Crippen LogP contribution in [0.4, 0.5) is 14.5 Å². The van der Waals surface area contributed by atoms with Crippen LogP contribution in [0.5, 0.6) is 5.75 Å². The topological polar surface area (TPSA) is 75.3 Å². The van der Waals surface area contributed by atoms with Crippen LogP contribution < -0.4 is 11.1 Å². The van der Waals surface area contributed by atoms with Gasteiger partial charge in [0.05, 0.1) is 5.56 Å². The average molecular weight is 278 g/mol. The molecular formula is C14H12F2N2O2. The van der Waals surface area contributed by atoms with Crippen LogP contribution in [0.3, 0.4) is 0 Å². The van der Waals surface area contributed by atoms with Crippen LogP contribution in [0.15, 0.2) is 36.4 Å². The minimum atomic E-state index is -0.741. The molecule has 1 amide bonds. The zero-order valence-corrected chi connectivity index (χ0v) is 10.4. The Kier molecular flexibility index (Phi) is 3.84. The number of amides is 1. The van der Waals surface area contributed by atoms with E-state index in [0.29, 0.717) is 0 Å². The molecule has 0 heterocycles. The van der Waals surface area contributed by atoms with E-state index >= 15 is 0 Å². The summed E-state index contributed by atoms with van der Waals surface area (Å²) in [6.07, 6.45) is 0. The predicted octanol–water partition coefficient (Wildman–Crippen LogP) is 2.18. The van der Waals surface area contributed by atoms with Gasteiger partial charge in [0.2, 0.25) is 0 Å². The van der Waals surface area contributed by atoms with E-state index in [2.05, 4.69) is 5.32 Å². The molecule has 20 heavy (non-hydrogen) atoms. The van der Waals surface area contributed by atoms with Gasteiger partial charge in [-0.2, -0.15) is 0 Å². The maximum absolute atomic E-state index is 13.4. The first-order valence-electron chi connectivity index (χ1n) is 5.78. The maximum Gasteiger partial charge on any atom is 0.253 e. The quantitative estimate of drug-likeness (QED) is 0.595. The Hall–Kier alpha value is -2.63. The molecule has 4 nitrogen and oxygen atoms in total. The summed E-state index contributed by atoms with van der Waals surface area (Å²) in [6.45, 7) is -0.111. The molecule has 0 unspecified atom stereocenters. The minimum Gasteiger partial charge on any atom is -0.508 e. The second-order valence-corrected chi connectivity index (χ2v) is 4.19. The smallest absolute Gasteiger partial charge is 0.253 e. The van der Waals surface area contributed by atoms with E-state index in [9.17, 15) is 18.7 Å². The summed E-state index contributed by atoms with van der Waals surface area (Å²) in [7, 11) is 0. The van der Waals surface area contributed by atoms with Gasteiger partial charge in [-0.25, -0.2) is 8.78 Å². The second kappa shape index (κ2) is 5.56.